The minimum Gasteiger partial charge on any atom is -0.461 e. The number of Topliss-reactive ketones (excluding diaryl/α,β-unsaturated/α-hetero) is 1. The fourth-order valence-corrected chi connectivity index (χ4v) is 9.72. The number of fused-ring (bicyclic) bond motifs is 1. The number of amides is 1. The van der Waals surface area contributed by atoms with E-state index in [0.29, 0.717) is 24.8 Å². The lowest BCUT2D eigenvalue weighted by molar-refractivity contribution is -0.384. The number of non-ortho nitro benzene ring substituents is 1. The highest BCUT2D eigenvalue weighted by Gasteiger charge is 2.68. The topological polar surface area (TPSA) is 205 Å². The van der Waals surface area contributed by atoms with E-state index in [1.165, 1.54) is 23.0 Å². The van der Waals surface area contributed by atoms with Crippen molar-refractivity contribution >= 4 is 52.3 Å². The van der Waals surface area contributed by atoms with Crippen molar-refractivity contribution in [2.24, 2.45) is 34.0 Å². The highest BCUT2D eigenvalue weighted by atomic mass is 32.2. The molecule has 266 valence electrons. The first-order valence-corrected chi connectivity index (χ1v) is 17.8. The van der Waals surface area contributed by atoms with Crippen LogP contribution in [0.15, 0.2) is 48.3 Å². The highest BCUT2D eigenvalue weighted by Crippen LogP contribution is 2.68. The van der Waals surface area contributed by atoms with Gasteiger partial charge >= 0.3 is 12.0 Å². The van der Waals surface area contributed by atoms with Crippen molar-refractivity contribution in [1.82, 2.24) is 24.8 Å². The molecule has 0 radical (unpaired) electrons. The number of nitro benzene ring substituents is 1. The molecule has 1 unspecified atom stereocenters. The number of hydrogen-bond acceptors (Lipinski definition) is 12. The van der Waals surface area contributed by atoms with Crippen molar-refractivity contribution in [2.45, 2.75) is 83.6 Å². The SMILES string of the molecule is C=C[C@]1(C)C[C@@H](OC(=O)CSc2nc(N)nc3c2ncn3C(=O)NCc2ccc([N+](=O)[O-])cc2)[C@@]2(C)C3C(=O)CC[C@@]3(CC[C@H]2C)[C@@H](C)[C@@H]1O. The average Bonchev–Trinajstić information content (AvgIpc) is 3.68. The quantitative estimate of drug-likeness (QED) is 0.0701. The van der Waals surface area contributed by atoms with Gasteiger partial charge < -0.3 is 20.9 Å². The normalized spacial score (nSPS) is 32.1. The Hall–Kier alpha value is -4.37. The Labute approximate surface area is 293 Å². The number of ether oxygens (including phenoxy) is 1. The fraction of sp³-hybridized carbons (Fsp3) is 0.543. The van der Waals surface area contributed by atoms with Gasteiger partial charge in [-0.15, -0.1) is 6.58 Å². The summed E-state index contributed by atoms with van der Waals surface area (Å²) in [4.78, 5) is 63.7. The maximum Gasteiger partial charge on any atom is 0.328 e. The number of nitrogens with zero attached hydrogens (tertiary/aromatic N) is 5. The lowest BCUT2D eigenvalue weighted by Gasteiger charge is -2.61. The van der Waals surface area contributed by atoms with E-state index in [-0.39, 0.29) is 69.1 Å². The van der Waals surface area contributed by atoms with Crippen molar-refractivity contribution in [3.05, 3.63) is 58.9 Å². The van der Waals surface area contributed by atoms with Gasteiger partial charge in [0.2, 0.25) is 5.95 Å². The third-order valence-electron chi connectivity index (χ3n) is 12.1. The lowest BCUT2D eigenvalue weighted by atomic mass is 9.44. The van der Waals surface area contributed by atoms with Gasteiger partial charge in [0.1, 0.15) is 28.8 Å². The van der Waals surface area contributed by atoms with E-state index < -0.39 is 40.0 Å². The van der Waals surface area contributed by atoms with Gasteiger partial charge in [-0.05, 0) is 48.5 Å². The second kappa shape index (κ2) is 13.1. The van der Waals surface area contributed by atoms with Gasteiger partial charge in [-0.3, -0.25) is 19.7 Å². The Morgan fingerprint density at radius 3 is 2.64 bits per heavy atom. The number of hydrogen-bond donors (Lipinski definition) is 3. The Morgan fingerprint density at radius 2 is 1.96 bits per heavy atom. The molecular weight excluding hydrogens is 662 g/mol. The third-order valence-corrected chi connectivity index (χ3v) is 13.0. The number of thioether (sulfide) groups is 1. The maximum absolute atomic E-state index is 13.7. The summed E-state index contributed by atoms with van der Waals surface area (Å²) < 4.78 is 7.52. The fourth-order valence-electron chi connectivity index (χ4n) is 8.96. The largest absolute Gasteiger partial charge is 0.461 e. The number of nitrogen functional groups attached to an aromatic ring is 1. The molecule has 6 rings (SSSR count). The van der Waals surface area contributed by atoms with Crippen LogP contribution in [0.3, 0.4) is 0 Å². The summed E-state index contributed by atoms with van der Waals surface area (Å²) in [6.45, 7) is 12.4. The van der Waals surface area contributed by atoms with Crippen molar-refractivity contribution in [3.63, 3.8) is 0 Å². The molecule has 15 heteroatoms. The van der Waals surface area contributed by atoms with Crippen molar-refractivity contribution in [3.8, 4) is 0 Å². The van der Waals surface area contributed by atoms with Crippen LogP contribution in [-0.4, -0.2) is 65.3 Å². The zero-order valence-corrected chi connectivity index (χ0v) is 29.4. The number of nitrogens with one attached hydrogen (secondary N) is 1. The molecule has 1 amide bonds. The van der Waals surface area contributed by atoms with E-state index >= 15 is 0 Å². The molecule has 0 saturated heterocycles. The Bertz CT molecular complexity index is 1870. The average molecular weight is 706 g/mol. The lowest BCUT2D eigenvalue weighted by Crippen LogP contribution is -2.63. The van der Waals surface area contributed by atoms with Crippen LogP contribution in [-0.2, 0) is 20.9 Å². The molecule has 3 aliphatic carbocycles. The molecule has 2 bridgehead atoms. The molecule has 50 heavy (non-hydrogen) atoms. The molecule has 0 aliphatic heterocycles. The van der Waals surface area contributed by atoms with Crippen LogP contribution < -0.4 is 11.1 Å². The second-order valence-corrected chi connectivity index (χ2v) is 15.6. The van der Waals surface area contributed by atoms with Crippen LogP contribution in [0.2, 0.25) is 0 Å². The van der Waals surface area contributed by atoms with Gasteiger partial charge in [-0.1, -0.05) is 57.7 Å². The van der Waals surface area contributed by atoms with Crippen molar-refractivity contribution in [1.29, 1.82) is 0 Å². The van der Waals surface area contributed by atoms with E-state index in [2.05, 4.69) is 47.6 Å². The molecule has 3 saturated carbocycles. The number of ketones is 1. The first-order chi connectivity index (χ1) is 23.6. The van der Waals surface area contributed by atoms with Crippen molar-refractivity contribution in [2.75, 3.05) is 11.5 Å². The minimum absolute atomic E-state index is 0.0567. The molecular formula is C35H43N7O7S. The maximum atomic E-state index is 13.7. The smallest absolute Gasteiger partial charge is 0.328 e. The summed E-state index contributed by atoms with van der Waals surface area (Å²) in [7, 11) is 0. The minimum atomic E-state index is -0.763. The second-order valence-electron chi connectivity index (χ2n) is 14.6. The number of aliphatic hydroxyl groups excluding tert-OH is 1. The molecule has 3 aliphatic rings. The highest BCUT2D eigenvalue weighted by molar-refractivity contribution is 8.00. The number of nitrogens with two attached hydrogens (primary N) is 1. The zero-order chi connectivity index (χ0) is 36.2. The predicted octanol–water partition coefficient (Wildman–Crippen LogP) is 5.07. The summed E-state index contributed by atoms with van der Waals surface area (Å²) in [5.74, 6) is -0.976. The van der Waals surface area contributed by atoms with Crippen LogP contribution in [0.1, 0.15) is 65.4 Å². The summed E-state index contributed by atoms with van der Waals surface area (Å²) in [6.07, 6.45) is 4.83. The number of esters is 1. The first-order valence-electron chi connectivity index (χ1n) is 16.8. The molecule has 3 aromatic rings. The Morgan fingerprint density at radius 1 is 1.24 bits per heavy atom. The number of rotatable bonds is 8. The monoisotopic (exact) mass is 705 g/mol. The number of benzene rings is 1. The first kappa shape index (κ1) is 35.5. The molecule has 14 nitrogen and oxygen atoms in total. The van der Waals surface area contributed by atoms with Gasteiger partial charge in [0, 0.05) is 41.8 Å². The number of nitro groups is 1. The molecule has 2 aromatic heterocycles. The zero-order valence-electron chi connectivity index (χ0n) is 28.6. The van der Waals surface area contributed by atoms with E-state index in [9.17, 15) is 29.6 Å². The molecule has 4 N–H and O–H groups in total. The van der Waals surface area contributed by atoms with Crippen molar-refractivity contribution < 1.29 is 29.2 Å². The van der Waals surface area contributed by atoms with Crippen LogP contribution in [0.4, 0.5) is 16.4 Å². The number of anilines is 1. The summed E-state index contributed by atoms with van der Waals surface area (Å²) >= 11 is 1.05. The number of imidazole rings is 1. The van der Waals surface area contributed by atoms with Crippen LogP contribution >= 0.6 is 11.8 Å². The van der Waals surface area contributed by atoms with Gasteiger partial charge in [-0.25, -0.2) is 19.3 Å². The molecule has 8 atom stereocenters. The number of aromatic nitrogens is 4. The molecule has 0 spiro atoms. The van der Waals surface area contributed by atoms with E-state index in [1.54, 1.807) is 18.2 Å². The summed E-state index contributed by atoms with van der Waals surface area (Å²) in [6, 6.07) is 5.25. The Kier molecular flexibility index (Phi) is 9.27. The third kappa shape index (κ3) is 5.83. The molecule has 3 fully saturated rings. The standard InChI is InChI=1S/C35H43N7O7S/c1-6-33(4)15-24(34(5)19(2)11-13-35(20(3)28(33)45)14-12-23(43)27(34)35)49-25(44)17-50-30-26-29(39-31(36)40-30)41(18-38-26)32(46)37-16-21-7-9-22(10-8-21)42(47)48/h6-10,18-20,24,27-28,45H,1,11-17H2,2-5H3,(H,37,46)(H2,36,39,40)/t19-,20+,24-,27?,28+,33-,34+,35+/m1/s1. The molecule has 1 aromatic carbocycles. The van der Waals surface area contributed by atoms with Crippen LogP contribution in [0.5, 0.6) is 0 Å². The number of carbonyl (C=O) groups is 3. The predicted molar refractivity (Wildman–Crippen MR) is 186 cm³/mol. The Balaban J connectivity index is 1.21. The summed E-state index contributed by atoms with van der Waals surface area (Å²) in [5.41, 5.74) is 5.25. The van der Waals surface area contributed by atoms with Gasteiger partial charge in [0.25, 0.3) is 5.69 Å². The van der Waals surface area contributed by atoms with E-state index in [0.717, 1.165) is 24.6 Å². The van der Waals surface area contributed by atoms with Gasteiger partial charge in [0.05, 0.1) is 16.8 Å². The van der Waals surface area contributed by atoms with Crippen LogP contribution in [0.25, 0.3) is 11.2 Å². The molecule has 2 heterocycles. The van der Waals surface area contributed by atoms with Gasteiger partial charge in [0.15, 0.2) is 5.65 Å². The van der Waals surface area contributed by atoms with Crippen LogP contribution in [0, 0.1) is 44.1 Å². The summed E-state index contributed by atoms with van der Waals surface area (Å²) in [5, 5.41) is 25.7. The van der Waals surface area contributed by atoms with E-state index in [1.807, 2.05) is 6.92 Å². The van der Waals surface area contributed by atoms with Gasteiger partial charge in [-0.2, -0.15) is 4.98 Å². The number of aliphatic hydroxyl groups is 1. The number of carbonyl (C=O) groups excluding carboxylic acids is 3. The van der Waals surface area contributed by atoms with E-state index in [4.69, 9.17) is 10.5 Å².